The molecule has 96 valence electrons. The first-order chi connectivity index (χ1) is 9.01. The minimum absolute atomic E-state index is 0.144. The molecule has 0 unspecified atom stereocenters. The second kappa shape index (κ2) is 5.08. The van der Waals surface area contributed by atoms with E-state index in [-0.39, 0.29) is 22.0 Å². The first kappa shape index (κ1) is 13.1. The highest BCUT2D eigenvalue weighted by Crippen LogP contribution is 2.18. The van der Waals surface area contributed by atoms with Gasteiger partial charge in [0.15, 0.2) is 5.82 Å². The van der Waals surface area contributed by atoms with Gasteiger partial charge in [-0.1, -0.05) is 11.6 Å². The maximum absolute atomic E-state index is 13.0. The Kier molecular flexibility index (Phi) is 3.49. The van der Waals surface area contributed by atoms with E-state index < -0.39 is 11.7 Å². The number of rotatable bonds is 2. The summed E-state index contributed by atoms with van der Waals surface area (Å²) in [5.41, 5.74) is 0.421. The van der Waals surface area contributed by atoms with Gasteiger partial charge in [0.2, 0.25) is 0 Å². The normalized spacial score (nSPS) is 10.0. The Morgan fingerprint density at radius 2 is 2.32 bits per heavy atom. The van der Waals surface area contributed by atoms with Gasteiger partial charge in [-0.3, -0.25) is 9.48 Å². The summed E-state index contributed by atoms with van der Waals surface area (Å²) in [4.78, 5) is 11.9. The van der Waals surface area contributed by atoms with E-state index in [4.69, 9.17) is 16.9 Å². The molecule has 0 saturated heterocycles. The lowest BCUT2D eigenvalue weighted by Gasteiger charge is -2.03. The fourth-order valence-electron chi connectivity index (χ4n) is 1.48. The lowest BCUT2D eigenvalue weighted by molar-refractivity contribution is 0.102. The standard InChI is InChI=1S/C12H8ClFN4O/c1-18-6-8(5-15)11(17-18)16-12(19)7-2-3-10(14)9(13)4-7/h2-4,6H,1H3,(H,16,17,19). The van der Waals surface area contributed by atoms with Crippen LogP contribution in [0.5, 0.6) is 0 Å². The van der Waals surface area contributed by atoms with E-state index in [0.717, 1.165) is 6.07 Å². The number of halogens is 2. The summed E-state index contributed by atoms with van der Waals surface area (Å²) in [6, 6.07) is 5.51. The topological polar surface area (TPSA) is 70.7 Å². The molecule has 19 heavy (non-hydrogen) atoms. The number of aromatic nitrogens is 2. The van der Waals surface area contributed by atoms with Crippen LogP contribution in [0.3, 0.4) is 0 Å². The van der Waals surface area contributed by atoms with Crippen LogP contribution in [0.25, 0.3) is 0 Å². The van der Waals surface area contributed by atoms with Crippen molar-refractivity contribution >= 4 is 23.3 Å². The van der Waals surface area contributed by atoms with Gasteiger partial charge >= 0.3 is 0 Å². The molecule has 0 saturated carbocycles. The molecule has 0 spiro atoms. The van der Waals surface area contributed by atoms with Crippen molar-refractivity contribution in [1.29, 1.82) is 5.26 Å². The molecule has 0 radical (unpaired) electrons. The van der Waals surface area contributed by atoms with Gasteiger partial charge < -0.3 is 5.32 Å². The van der Waals surface area contributed by atoms with Crippen molar-refractivity contribution < 1.29 is 9.18 Å². The van der Waals surface area contributed by atoms with Gasteiger partial charge in [0, 0.05) is 18.8 Å². The van der Waals surface area contributed by atoms with Crippen LogP contribution in [-0.4, -0.2) is 15.7 Å². The number of benzene rings is 1. The van der Waals surface area contributed by atoms with Gasteiger partial charge in [-0.05, 0) is 18.2 Å². The average molecular weight is 279 g/mol. The summed E-state index contributed by atoms with van der Waals surface area (Å²) in [7, 11) is 1.63. The van der Waals surface area contributed by atoms with Crippen LogP contribution in [0, 0.1) is 17.1 Å². The summed E-state index contributed by atoms with van der Waals surface area (Å²) in [5.74, 6) is -0.971. The third kappa shape index (κ3) is 2.72. The summed E-state index contributed by atoms with van der Waals surface area (Å²) < 4.78 is 14.4. The summed E-state index contributed by atoms with van der Waals surface area (Å²) in [5, 5.41) is 15.1. The van der Waals surface area contributed by atoms with E-state index in [9.17, 15) is 9.18 Å². The number of hydrogen-bond acceptors (Lipinski definition) is 3. The second-order valence-electron chi connectivity index (χ2n) is 3.76. The second-order valence-corrected chi connectivity index (χ2v) is 4.17. The summed E-state index contributed by atoms with van der Waals surface area (Å²) in [6.07, 6.45) is 1.48. The molecular formula is C12H8ClFN4O. The third-order valence-corrected chi connectivity index (χ3v) is 2.65. The van der Waals surface area contributed by atoms with Crippen LogP contribution in [0.2, 0.25) is 5.02 Å². The van der Waals surface area contributed by atoms with Crippen LogP contribution in [0.1, 0.15) is 15.9 Å². The van der Waals surface area contributed by atoms with Gasteiger partial charge in [-0.15, -0.1) is 0 Å². The molecule has 1 amide bonds. The maximum Gasteiger partial charge on any atom is 0.256 e. The number of nitrogens with one attached hydrogen (secondary N) is 1. The first-order valence-corrected chi connectivity index (χ1v) is 5.59. The van der Waals surface area contributed by atoms with Gasteiger partial charge in [-0.25, -0.2) is 4.39 Å². The van der Waals surface area contributed by atoms with E-state index in [1.807, 2.05) is 6.07 Å². The molecule has 0 atom stereocenters. The quantitative estimate of drug-likeness (QED) is 0.916. The fraction of sp³-hybridized carbons (Fsp3) is 0.0833. The van der Waals surface area contributed by atoms with Crippen molar-refractivity contribution in [3.8, 4) is 6.07 Å². The molecule has 1 aromatic heterocycles. The van der Waals surface area contributed by atoms with Crippen molar-refractivity contribution in [2.45, 2.75) is 0 Å². The van der Waals surface area contributed by atoms with Crippen molar-refractivity contribution in [2.75, 3.05) is 5.32 Å². The van der Waals surface area contributed by atoms with Crippen molar-refractivity contribution in [2.24, 2.45) is 7.05 Å². The average Bonchev–Trinajstić information content (AvgIpc) is 2.72. The number of hydrogen-bond donors (Lipinski definition) is 1. The molecule has 0 aliphatic rings. The van der Waals surface area contributed by atoms with Gasteiger partial charge in [0.1, 0.15) is 17.4 Å². The van der Waals surface area contributed by atoms with Crippen LogP contribution in [0.15, 0.2) is 24.4 Å². The molecular weight excluding hydrogens is 271 g/mol. The van der Waals surface area contributed by atoms with Crippen molar-refractivity contribution in [3.05, 3.63) is 46.4 Å². The highest BCUT2D eigenvalue weighted by atomic mass is 35.5. The molecule has 5 nitrogen and oxygen atoms in total. The minimum Gasteiger partial charge on any atom is -0.304 e. The summed E-state index contributed by atoms with van der Waals surface area (Å²) in [6.45, 7) is 0. The van der Waals surface area contributed by atoms with E-state index in [0.29, 0.717) is 0 Å². The van der Waals surface area contributed by atoms with E-state index >= 15 is 0 Å². The lowest BCUT2D eigenvalue weighted by atomic mass is 10.2. The Balaban J connectivity index is 2.26. The zero-order chi connectivity index (χ0) is 14.0. The van der Waals surface area contributed by atoms with E-state index in [1.165, 1.54) is 23.0 Å². The zero-order valence-electron chi connectivity index (χ0n) is 9.82. The van der Waals surface area contributed by atoms with Gasteiger partial charge in [0.05, 0.1) is 5.02 Å². The Morgan fingerprint density at radius 3 is 2.95 bits per heavy atom. The zero-order valence-corrected chi connectivity index (χ0v) is 10.6. The van der Waals surface area contributed by atoms with Crippen molar-refractivity contribution in [1.82, 2.24) is 9.78 Å². The predicted octanol–water partition coefficient (Wildman–Crippen LogP) is 2.34. The highest BCUT2D eigenvalue weighted by molar-refractivity contribution is 6.31. The number of carbonyl (C=O) groups excluding carboxylic acids is 1. The SMILES string of the molecule is Cn1cc(C#N)c(NC(=O)c2ccc(F)c(Cl)c2)n1. The Hall–Kier alpha value is -2.39. The number of aryl methyl sites for hydroxylation is 1. The largest absolute Gasteiger partial charge is 0.304 e. The molecule has 1 N–H and O–H groups in total. The number of nitriles is 1. The smallest absolute Gasteiger partial charge is 0.256 e. The molecule has 0 aliphatic carbocycles. The minimum atomic E-state index is -0.603. The van der Waals surface area contributed by atoms with Gasteiger partial charge in [-0.2, -0.15) is 10.4 Å². The molecule has 0 bridgehead atoms. The number of anilines is 1. The van der Waals surface area contributed by atoms with Crippen LogP contribution in [-0.2, 0) is 7.05 Å². The van der Waals surface area contributed by atoms with Crippen molar-refractivity contribution in [3.63, 3.8) is 0 Å². The molecule has 1 aromatic carbocycles. The monoisotopic (exact) mass is 278 g/mol. The first-order valence-electron chi connectivity index (χ1n) is 5.21. The maximum atomic E-state index is 13.0. The number of amides is 1. The predicted molar refractivity (Wildman–Crippen MR) is 67.3 cm³/mol. The van der Waals surface area contributed by atoms with Crippen LogP contribution >= 0.6 is 11.6 Å². The molecule has 0 fully saturated rings. The van der Waals surface area contributed by atoms with Gasteiger partial charge in [0.25, 0.3) is 5.91 Å². The molecule has 2 rings (SSSR count). The number of nitrogens with zero attached hydrogens (tertiary/aromatic N) is 3. The molecule has 1 heterocycles. The molecule has 2 aromatic rings. The Labute approximate surface area is 113 Å². The van der Waals surface area contributed by atoms with Crippen LogP contribution in [0.4, 0.5) is 10.2 Å². The fourth-order valence-corrected chi connectivity index (χ4v) is 1.66. The van der Waals surface area contributed by atoms with E-state index in [2.05, 4.69) is 10.4 Å². The third-order valence-electron chi connectivity index (χ3n) is 2.36. The van der Waals surface area contributed by atoms with E-state index in [1.54, 1.807) is 7.05 Å². The Bertz CT molecular complexity index is 690. The molecule has 0 aliphatic heterocycles. The molecule has 7 heteroatoms. The number of carbonyl (C=O) groups is 1. The lowest BCUT2D eigenvalue weighted by Crippen LogP contribution is -2.13. The Morgan fingerprint density at radius 1 is 1.58 bits per heavy atom. The summed E-state index contributed by atoms with van der Waals surface area (Å²) >= 11 is 5.60. The highest BCUT2D eigenvalue weighted by Gasteiger charge is 2.13. The van der Waals surface area contributed by atoms with Crippen LogP contribution < -0.4 is 5.32 Å².